The van der Waals surface area contributed by atoms with E-state index in [9.17, 15) is 0 Å². The van der Waals surface area contributed by atoms with Crippen LogP contribution in [0.2, 0.25) is 0 Å². The summed E-state index contributed by atoms with van der Waals surface area (Å²) in [5.74, 6) is 2.59. The lowest BCUT2D eigenvalue weighted by molar-refractivity contribution is 0.263. The third-order valence-corrected chi connectivity index (χ3v) is 3.99. The number of aliphatic hydroxyl groups is 1. The van der Waals surface area contributed by atoms with E-state index in [0.717, 1.165) is 50.9 Å². The Balaban J connectivity index is 2.21. The van der Waals surface area contributed by atoms with Crippen LogP contribution < -0.4 is 15.1 Å². The third-order valence-electron chi connectivity index (χ3n) is 3.99. The van der Waals surface area contributed by atoms with E-state index in [0.29, 0.717) is 11.9 Å². The van der Waals surface area contributed by atoms with E-state index in [-0.39, 0.29) is 6.61 Å². The molecule has 0 radical (unpaired) electrons. The highest BCUT2D eigenvalue weighted by molar-refractivity contribution is 5.45. The second kappa shape index (κ2) is 7.40. The van der Waals surface area contributed by atoms with Crippen molar-refractivity contribution in [3.05, 3.63) is 0 Å². The van der Waals surface area contributed by atoms with Crippen molar-refractivity contribution in [3.63, 3.8) is 0 Å². The summed E-state index contributed by atoms with van der Waals surface area (Å²) in [6, 6.07) is 0. The molecule has 7 nitrogen and oxygen atoms in total. The normalized spacial score (nSPS) is 18.1. The monoisotopic (exact) mass is 294 g/mol. The molecule has 0 aliphatic carbocycles. The van der Waals surface area contributed by atoms with E-state index >= 15 is 0 Å². The van der Waals surface area contributed by atoms with Gasteiger partial charge in [0, 0.05) is 39.8 Å². The van der Waals surface area contributed by atoms with Crippen molar-refractivity contribution >= 4 is 17.8 Å². The zero-order valence-electron chi connectivity index (χ0n) is 13.2. The molecule has 1 fully saturated rings. The van der Waals surface area contributed by atoms with Gasteiger partial charge in [0.2, 0.25) is 17.8 Å². The molecular formula is C14H26N6O. The maximum absolute atomic E-state index is 9.07. The zero-order chi connectivity index (χ0) is 15.2. The first-order valence-corrected chi connectivity index (χ1v) is 7.76. The number of nitrogens with one attached hydrogen (secondary N) is 1. The number of aromatic nitrogens is 3. The number of aliphatic hydroxyl groups excluding tert-OH is 1. The third kappa shape index (κ3) is 3.72. The molecule has 1 aliphatic rings. The van der Waals surface area contributed by atoms with Gasteiger partial charge in [0.15, 0.2) is 0 Å². The van der Waals surface area contributed by atoms with Gasteiger partial charge >= 0.3 is 0 Å². The second-order valence-electron chi connectivity index (χ2n) is 5.29. The molecule has 0 spiro atoms. The molecule has 2 N–H and O–H groups in total. The molecule has 21 heavy (non-hydrogen) atoms. The smallest absolute Gasteiger partial charge is 0.231 e. The van der Waals surface area contributed by atoms with Crippen LogP contribution in [0.4, 0.5) is 17.8 Å². The summed E-state index contributed by atoms with van der Waals surface area (Å²) < 4.78 is 0. The fourth-order valence-corrected chi connectivity index (χ4v) is 2.69. The van der Waals surface area contributed by atoms with Crippen LogP contribution in [-0.2, 0) is 0 Å². The Morgan fingerprint density at radius 2 is 2.05 bits per heavy atom. The van der Waals surface area contributed by atoms with Crippen LogP contribution in [-0.4, -0.2) is 59.9 Å². The van der Waals surface area contributed by atoms with Crippen molar-refractivity contribution in [1.29, 1.82) is 0 Å². The standard InChI is InChI=1S/C14H26N6O/c1-4-19(5-2)13-16-12(15-3)17-14(18-13)20-8-6-11(10-20)7-9-21/h11,21H,4-10H2,1-3H3,(H,15,16,17,18). The number of nitrogens with zero attached hydrogens (tertiary/aromatic N) is 5. The maximum Gasteiger partial charge on any atom is 0.231 e. The van der Waals surface area contributed by atoms with Crippen molar-refractivity contribution in [2.45, 2.75) is 26.7 Å². The van der Waals surface area contributed by atoms with Gasteiger partial charge in [0.25, 0.3) is 0 Å². The minimum Gasteiger partial charge on any atom is -0.396 e. The summed E-state index contributed by atoms with van der Waals surface area (Å²) in [6.45, 7) is 8.04. The molecule has 0 aromatic carbocycles. The molecule has 2 heterocycles. The SMILES string of the molecule is CCN(CC)c1nc(NC)nc(N2CCC(CCO)C2)n1. The zero-order valence-corrected chi connectivity index (χ0v) is 13.2. The summed E-state index contributed by atoms with van der Waals surface area (Å²) in [7, 11) is 1.82. The van der Waals surface area contributed by atoms with Crippen LogP contribution in [0.5, 0.6) is 0 Å². The Morgan fingerprint density at radius 1 is 1.29 bits per heavy atom. The molecule has 1 aromatic heterocycles. The molecule has 0 bridgehead atoms. The van der Waals surface area contributed by atoms with Gasteiger partial charge in [0.05, 0.1) is 0 Å². The summed E-state index contributed by atoms with van der Waals surface area (Å²) in [5.41, 5.74) is 0. The minimum atomic E-state index is 0.252. The summed E-state index contributed by atoms with van der Waals surface area (Å²) in [4.78, 5) is 17.9. The van der Waals surface area contributed by atoms with Crippen LogP contribution in [0.3, 0.4) is 0 Å². The van der Waals surface area contributed by atoms with Crippen molar-refractivity contribution in [1.82, 2.24) is 15.0 Å². The first-order chi connectivity index (χ1) is 10.2. The maximum atomic E-state index is 9.07. The van der Waals surface area contributed by atoms with E-state index in [1.807, 2.05) is 7.05 Å². The largest absolute Gasteiger partial charge is 0.396 e. The molecule has 1 unspecified atom stereocenters. The Bertz CT molecular complexity index is 451. The molecule has 7 heteroatoms. The summed E-state index contributed by atoms with van der Waals surface area (Å²) >= 11 is 0. The average Bonchev–Trinajstić information content (AvgIpc) is 2.97. The fourth-order valence-electron chi connectivity index (χ4n) is 2.69. The quantitative estimate of drug-likeness (QED) is 0.776. The van der Waals surface area contributed by atoms with Gasteiger partial charge in [-0.25, -0.2) is 0 Å². The van der Waals surface area contributed by atoms with E-state index in [1.165, 1.54) is 0 Å². The Labute approximate surface area is 126 Å². The Kier molecular flexibility index (Phi) is 5.55. The lowest BCUT2D eigenvalue weighted by Crippen LogP contribution is -2.28. The summed E-state index contributed by atoms with van der Waals surface area (Å²) in [6.07, 6.45) is 1.94. The lowest BCUT2D eigenvalue weighted by atomic mass is 10.1. The van der Waals surface area contributed by atoms with Crippen molar-refractivity contribution in [2.75, 3.05) is 55.0 Å². The van der Waals surface area contributed by atoms with Crippen LogP contribution in [0.15, 0.2) is 0 Å². The lowest BCUT2D eigenvalue weighted by Gasteiger charge is -2.22. The number of hydrogen-bond acceptors (Lipinski definition) is 7. The topological polar surface area (TPSA) is 77.4 Å². The number of anilines is 3. The Hall–Kier alpha value is -1.63. The molecule has 0 amide bonds. The van der Waals surface area contributed by atoms with Crippen LogP contribution in [0.25, 0.3) is 0 Å². The summed E-state index contributed by atoms with van der Waals surface area (Å²) in [5, 5.41) is 12.1. The van der Waals surface area contributed by atoms with Crippen molar-refractivity contribution < 1.29 is 5.11 Å². The molecule has 0 saturated carbocycles. The van der Waals surface area contributed by atoms with Gasteiger partial charge in [-0.05, 0) is 32.6 Å². The van der Waals surface area contributed by atoms with Gasteiger partial charge < -0.3 is 20.2 Å². The minimum absolute atomic E-state index is 0.252. The van der Waals surface area contributed by atoms with Gasteiger partial charge in [-0.1, -0.05) is 0 Å². The first kappa shape index (κ1) is 15.8. The average molecular weight is 294 g/mol. The van der Waals surface area contributed by atoms with E-state index < -0.39 is 0 Å². The van der Waals surface area contributed by atoms with E-state index in [1.54, 1.807) is 0 Å². The Morgan fingerprint density at radius 3 is 2.67 bits per heavy atom. The highest BCUT2D eigenvalue weighted by Gasteiger charge is 2.25. The first-order valence-electron chi connectivity index (χ1n) is 7.76. The van der Waals surface area contributed by atoms with Crippen molar-refractivity contribution in [2.24, 2.45) is 5.92 Å². The van der Waals surface area contributed by atoms with Crippen LogP contribution >= 0.6 is 0 Å². The van der Waals surface area contributed by atoms with Gasteiger partial charge in [-0.15, -0.1) is 0 Å². The predicted octanol–water partition coefficient (Wildman–Crippen LogP) is 0.968. The molecule has 118 valence electrons. The second-order valence-corrected chi connectivity index (χ2v) is 5.29. The molecular weight excluding hydrogens is 268 g/mol. The van der Waals surface area contributed by atoms with E-state index in [4.69, 9.17) is 5.11 Å². The fraction of sp³-hybridized carbons (Fsp3) is 0.786. The molecule has 1 aromatic rings. The molecule has 1 saturated heterocycles. The van der Waals surface area contributed by atoms with Gasteiger partial charge in [-0.3, -0.25) is 0 Å². The van der Waals surface area contributed by atoms with Gasteiger partial charge in [0.1, 0.15) is 0 Å². The highest BCUT2D eigenvalue weighted by Crippen LogP contribution is 2.24. The number of hydrogen-bond donors (Lipinski definition) is 2. The molecule has 2 rings (SSSR count). The molecule has 1 atom stereocenters. The van der Waals surface area contributed by atoms with Gasteiger partial charge in [-0.2, -0.15) is 15.0 Å². The number of rotatable bonds is 7. The predicted molar refractivity (Wildman–Crippen MR) is 85.0 cm³/mol. The highest BCUT2D eigenvalue weighted by atomic mass is 16.3. The van der Waals surface area contributed by atoms with Crippen molar-refractivity contribution in [3.8, 4) is 0 Å². The molecule has 1 aliphatic heterocycles. The van der Waals surface area contributed by atoms with Crippen LogP contribution in [0, 0.1) is 5.92 Å². The van der Waals surface area contributed by atoms with Crippen LogP contribution in [0.1, 0.15) is 26.7 Å². The van der Waals surface area contributed by atoms with E-state index in [2.05, 4.69) is 43.9 Å².